The van der Waals surface area contributed by atoms with Gasteiger partial charge in [0, 0.05) is 10.7 Å². The van der Waals surface area contributed by atoms with E-state index in [-0.39, 0.29) is 0 Å². The molecule has 0 aliphatic carbocycles. The van der Waals surface area contributed by atoms with Crippen LogP contribution in [0.1, 0.15) is 5.56 Å². The second-order valence-electron chi connectivity index (χ2n) is 2.54. The molecule has 2 nitrogen and oxygen atoms in total. The lowest BCUT2D eigenvalue weighted by Crippen LogP contribution is -1.99. The van der Waals surface area contributed by atoms with Crippen LogP contribution in [0.3, 0.4) is 0 Å². The summed E-state index contributed by atoms with van der Waals surface area (Å²) in [5, 5.41) is 6.11. The predicted octanol–water partition coefficient (Wildman–Crippen LogP) is 3.12. The zero-order valence-corrected chi connectivity index (χ0v) is 8.75. The van der Waals surface area contributed by atoms with Crippen LogP contribution in [-0.2, 0) is 0 Å². The van der Waals surface area contributed by atoms with Gasteiger partial charge in [0.2, 0.25) is 0 Å². The van der Waals surface area contributed by atoms with E-state index in [1.165, 1.54) is 0 Å². The third-order valence-corrected chi connectivity index (χ3v) is 1.97. The SMILES string of the molecule is Cc1cc(Cl)ccc1NCN=C=S. The van der Waals surface area contributed by atoms with E-state index in [0.29, 0.717) is 6.67 Å². The molecular weight excluding hydrogens is 204 g/mol. The lowest BCUT2D eigenvalue weighted by Gasteiger charge is -2.06. The van der Waals surface area contributed by atoms with Gasteiger partial charge in [0.05, 0.1) is 5.16 Å². The molecule has 0 bridgehead atoms. The van der Waals surface area contributed by atoms with Crippen molar-refractivity contribution in [1.29, 1.82) is 0 Å². The van der Waals surface area contributed by atoms with Crippen LogP contribution in [0.2, 0.25) is 5.02 Å². The summed E-state index contributed by atoms with van der Waals surface area (Å²) in [7, 11) is 0. The zero-order valence-electron chi connectivity index (χ0n) is 7.17. The average Bonchev–Trinajstić information content (AvgIpc) is 2.09. The zero-order chi connectivity index (χ0) is 9.68. The number of isothiocyanates is 1. The molecule has 13 heavy (non-hydrogen) atoms. The maximum absolute atomic E-state index is 5.80. The van der Waals surface area contributed by atoms with Gasteiger partial charge in [-0.1, -0.05) is 11.6 Å². The normalized spacial score (nSPS) is 9.08. The second-order valence-corrected chi connectivity index (χ2v) is 3.16. The molecule has 0 spiro atoms. The highest BCUT2D eigenvalue weighted by Crippen LogP contribution is 2.19. The Morgan fingerprint density at radius 2 is 2.38 bits per heavy atom. The molecule has 0 unspecified atom stereocenters. The molecule has 0 aliphatic heterocycles. The van der Waals surface area contributed by atoms with Crippen molar-refractivity contribution >= 4 is 34.7 Å². The number of hydrogen-bond acceptors (Lipinski definition) is 3. The minimum absolute atomic E-state index is 0.450. The molecule has 1 aromatic rings. The number of anilines is 1. The van der Waals surface area contributed by atoms with Crippen LogP contribution in [0.25, 0.3) is 0 Å². The summed E-state index contributed by atoms with van der Waals surface area (Å²) in [5.74, 6) is 0. The van der Waals surface area contributed by atoms with E-state index in [0.717, 1.165) is 16.3 Å². The molecule has 0 aliphatic rings. The summed E-state index contributed by atoms with van der Waals surface area (Å²) in [6.07, 6.45) is 0. The van der Waals surface area contributed by atoms with Crippen molar-refractivity contribution in [1.82, 2.24) is 0 Å². The second kappa shape index (κ2) is 4.97. The van der Waals surface area contributed by atoms with Crippen molar-refractivity contribution in [2.45, 2.75) is 6.92 Å². The molecule has 0 heterocycles. The van der Waals surface area contributed by atoms with Gasteiger partial charge in [0.25, 0.3) is 0 Å². The van der Waals surface area contributed by atoms with Gasteiger partial charge >= 0.3 is 0 Å². The Kier molecular flexibility index (Phi) is 3.90. The van der Waals surface area contributed by atoms with Gasteiger partial charge < -0.3 is 5.32 Å². The van der Waals surface area contributed by atoms with Crippen LogP contribution >= 0.6 is 23.8 Å². The number of halogens is 1. The highest BCUT2D eigenvalue weighted by molar-refractivity contribution is 7.78. The molecule has 68 valence electrons. The number of aliphatic imine (C=N–C) groups is 1. The van der Waals surface area contributed by atoms with Crippen molar-refractivity contribution in [3.63, 3.8) is 0 Å². The molecule has 0 fully saturated rings. The molecule has 1 N–H and O–H groups in total. The molecule has 1 rings (SSSR count). The molecule has 0 atom stereocenters. The van der Waals surface area contributed by atoms with Gasteiger partial charge in [-0.15, -0.1) is 0 Å². The molecule has 0 amide bonds. The lowest BCUT2D eigenvalue weighted by molar-refractivity contribution is 1.15. The van der Waals surface area contributed by atoms with Gasteiger partial charge in [0.1, 0.15) is 6.67 Å². The van der Waals surface area contributed by atoms with Crippen LogP contribution in [0.5, 0.6) is 0 Å². The average molecular weight is 213 g/mol. The number of aryl methyl sites for hydroxylation is 1. The Morgan fingerprint density at radius 3 is 3.00 bits per heavy atom. The lowest BCUT2D eigenvalue weighted by atomic mass is 10.2. The molecule has 1 aromatic carbocycles. The first kappa shape index (κ1) is 10.2. The van der Waals surface area contributed by atoms with E-state index in [9.17, 15) is 0 Å². The van der Waals surface area contributed by atoms with E-state index in [4.69, 9.17) is 11.6 Å². The number of nitrogens with one attached hydrogen (secondary N) is 1. The quantitative estimate of drug-likeness (QED) is 0.615. The van der Waals surface area contributed by atoms with E-state index < -0.39 is 0 Å². The smallest absolute Gasteiger partial charge is 0.118 e. The van der Waals surface area contributed by atoms with Crippen LogP contribution < -0.4 is 5.32 Å². The van der Waals surface area contributed by atoms with E-state index in [1.54, 1.807) is 0 Å². The highest BCUT2D eigenvalue weighted by Gasteiger charge is 1.96. The van der Waals surface area contributed by atoms with Crippen LogP contribution in [-0.4, -0.2) is 11.8 Å². The fourth-order valence-corrected chi connectivity index (χ4v) is 1.27. The Labute approximate surface area is 87.6 Å². The molecule has 0 saturated heterocycles. The van der Waals surface area contributed by atoms with Crippen LogP contribution in [0.15, 0.2) is 23.2 Å². The maximum Gasteiger partial charge on any atom is 0.118 e. The first-order valence-electron chi connectivity index (χ1n) is 3.77. The summed E-state index contributed by atoms with van der Waals surface area (Å²) >= 11 is 10.2. The largest absolute Gasteiger partial charge is 0.365 e. The fraction of sp³-hybridized carbons (Fsp3) is 0.222. The minimum Gasteiger partial charge on any atom is -0.365 e. The first-order valence-corrected chi connectivity index (χ1v) is 4.56. The van der Waals surface area contributed by atoms with Gasteiger partial charge in [-0.3, -0.25) is 0 Å². The Bertz CT molecular complexity index is 345. The summed E-state index contributed by atoms with van der Waals surface area (Å²) < 4.78 is 0. The van der Waals surface area contributed by atoms with Crippen molar-refractivity contribution in [2.75, 3.05) is 12.0 Å². The molecular formula is C9H9ClN2S. The van der Waals surface area contributed by atoms with Crippen molar-refractivity contribution in [3.05, 3.63) is 28.8 Å². The molecule has 4 heteroatoms. The van der Waals surface area contributed by atoms with Gasteiger partial charge in [-0.05, 0) is 42.9 Å². The summed E-state index contributed by atoms with van der Waals surface area (Å²) in [6.45, 7) is 2.43. The Morgan fingerprint density at radius 1 is 1.62 bits per heavy atom. The Balaban J connectivity index is 2.71. The topological polar surface area (TPSA) is 24.4 Å². The predicted molar refractivity (Wildman–Crippen MR) is 59.7 cm³/mol. The van der Waals surface area contributed by atoms with Crippen molar-refractivity contribution in [2.24, 2.45) is 4.99 Å². The monoisotopic (exact) mass is 212 g/mol. The fourth-order valence-electron chi connectivity index (χ4n) is 0.982. The molecule has 0 radical (unpaired) electrons. The number of hydrogen-bond donors (Lipinski definition) is 1. The minimum atomic E-state index is 0.450. The molecule has 0 saturated carbocycles. The van der Waals surface area contributed by atoms with Crippen molar-refractivity contribution < 1.29 is 0 Å². The Hall–Kier alpha value is -0.890. The molecule has 0 aromatic heterocycles. The summed E-state index contributed by atoms with van der Waals surface area (Å²) in [6, 6.07) is 5.64. The van der Waals surface area contributed by atoms with Gasteiger partial charge in [0.15, 0.2) is 0 Å². The number of nitrogens with zero attached hydrogens (tertiary/aromatic N) is 1. The number of thiocarbonyl (C=S) groups is 1. The van der Waals surface area contributed by atoms with Gasteiger partial charge in [-0.2, -0.15) is 0 Å². The first-order chi connectivity index (χ1) is 6.24. The number of rotatable bonds is 3. The van der Waals surface area contributed by atoms with Crippen LogP contribution in [0.4, 0.5) is 5.69 Å². The van der Waals surface area contributed by atoms with Crippen LogP contribution in [0, 0.1) is 6.92 Å². The maximum atomic E-state index is 5.80. The van der Waals surface area contributed by atoms with E-state index >= 15 is 0 Å². The van der Waals surface area contributed by atoms with E-state index in [2.05, 4.69) is 27.7 Å². The van der Waals surface area contributed by atoms with E-state index in [1.807, 2.05) is 25.1 Å². The van der Waals surface area contributed by atoms with Crippen molar-refractivity contribution in [3.8, 4) is 0 Å². The third kappa shape index (κ3) is 3.15. The summed E-state index contributed by atoms with van der Waals surface area (Å²) in [5.41, 5.74) is 2.10. The summed E-state index contributed by atoms with van der Waals surface area (Å²) in [4.78, 5) is 3.75. The van der Waals surface area contributed by atoms with Gasteiger partial charge in [-0.25, -0.2) is 4.99 Å². The number of benzene rings is 1. The third-order valence-electron chi connectivity index (χ3n) is 1.60. The highest BCUT2D eigenvalue weighted by atomic mass is 35.5. The standard InChI is InChI=1S/C9H9ClN2S/c1-7-4-8(10)2-3-9(7)12-5-11-6-13/h2-4,12H,5H2,1H3.